The van der Waals surface area contributed by atoms with E-state index in [9.17, 15) is 0 Å². The average Bonchev–Trinajstić information content (AvgIpc) is 3.22. The molecule has 26 heavy (non-hydrogen) atoms. The van der Waals surface area contributed by atoms with Crippen LogP contribution in [-0.2, 0) is 13.6 Å². The highest BCUT2D eigenvalue weighted by atomic mass is 127. The van der Waals surface area contributed by atoms with Gasteiger partial charge in [-0.05, 0) is 31.5 Å². The van der Waals surface area contributed by atoms with Gasteiger partial charge in [0.05, 0.1) is 0 Å². The minimum atomic E-state index is 0. The number of nitrogens with one attached hydrogen (secondary N) is 2. The molecule has 3 rings (SSSR count). The molecule has 9 heteroatoms. The summed E-state index contributed by atoms with van der Waals surface area (Å²) in [6.45, 7) is 5.30. The summed E-state index contributed by atoms with van der Waals surface area (Å²) in [6, 6.07) is 8.35. The molecule has 1 aromatic heterocycles. The smallest absolute Gasteiger partial charge is 0.191 e. The second kappa shape index (κ2) is 9.96. The highest BCUT2D eigenvalue weighted by molar-refractivity contribution is 14.0. The van der Waals surface area contributed by atoms with Crippen LogP contribution in [0.5, 0.6) is 0 Å². The minimum absolute atomic E-state index is 0. The van der Waals surface area contributed by atoms with E-state index in [0.29, 0.717) is 12.6 Å². The van der Waals surface area contributed by atoms with E-state index in [1.54, 1.807) is 11.0 Å². The highest BCUT2D eigenvalue weighted by Crippen LogP contribution is 2.23. The monoisotopic (exact) mass is 489 g/mol. The predicted octanol–water partition coefficient (Wildman–Crippen LogP) is 2.42. The predicted molar refractivity (Wildman–Crippen MR) is 116 cm³/mol. The first-order chi connectivity index (χ1) is 12.2. The summed E-state index contributed by atoms with van der Waals surface area (Å²) in [6.07, 6.45) is 2.60. The third-order valence-electron chi connectivity index (χ3n) is 4.23. The Morgan fingerprint density at radius 1 is 1.42 bits per heavy atom. The summed E-state index contributed by atoms with van der Waals surface area (Å²) in [5.41, 5.74) is 1.16. The molecular formula is C17H25ClIN7. The number of guanidine groups is 1. The lowest BCUT2D eigenvalue weighted by atomic mass is 10.3. The van der Waals surface area contributed by atoms with Gasteiger partial charge in [-0.25, -0.2) is 9.98 Å². The number of rotatable bonds is 5. The highest BCUT2D eigenvalue weighted by Gasteiger charge is 2.23. The zero-order chi connectivity index (χ0) is 17.6. The van der Waals surface area contributed by atoms with E-state index >= 15 is 0 Å². The van der Waals surface area contributed by atoms with Gasteiger partial charge in [0.15, 0.2) is 5.96 Å². The number of nitrogens with zero attached hydrogens (tertiary/aromatic N) is 5. The zero-order valence-corrected chi connectivity index (χ0v) is 18.1. The van der Waals surface area contributed by atoms with Crippen LogP contribution < -0.4 is 15.5 Å². The number of aliphatic imine (C=N–C) groups is 1. The normalized spacial score (nSPS) is 17.1. The van der Waals surface area contributed by atoms with Gasteiger partial charge < -0.3 is 15.5 Å². The molecule has 1 aliphatic heterocycles. The van der Waals surface area contributed by atoms with Gasteiger partial charge in [0.2, 0.25) is 0 Å². The van der Waals surface area contributed by atoms with Crippen molar-refractivity contribution in [1.29, 1.82) is 0 Å². The number of aromatic nitrogens is 3. The van der Waals surface area contributed by atoms with Crippen LogP contribution >= 0.6 is 35.6 Å². The average molecular weight is 490 g/mol. The third kappa shape index (κ3) is 5.47. The third-order valence-corrected chi connectivity index (χ3v) is 4.47. The molecule has 0 saturated carbocycles. The van der Waals surface area contributed by atoms with Crippen molar-refractivity contribution in [2.75, 3.05) is 24.5 Å². The molecule has 1 saturated heterocycles. The van der Waals surface area contributed by atoms with Gasteiger partial charge in [0.25, 0.3) is 0 Å². The van der Waals surface area contributed by atoms with E-state index in [1.807, 2.05) is 25.2 Å². The molecule has 1 unspecified atom stereocenters. The Hall–Kier alpha value is -1.55. The maximum absolute atomic E-state index is 6.10. The molecule has 1 aromatic carbocycles. The SMILES string of the molecule is CCNC(=NCc1ncnn1C)NC1CCN(c2cccc(Cl)c2)C1.I. The molecule has 2 heterocycles. The van der Waals surface area contributed by atoms with Gasteiger partial charge in [-0.3, -0.25) is 4.68 Å². The number of hydrogen-bond donors (Lipinski definition) is 2. The lowest BCUT2D eigenvalue weighted by Gasteiger charge is -2.20. The topological polar surface area (TPSA) is 70.4 Å². The van der Waals surface area contributed by atoms with Crippen LogP contribution in [0.4, 0.5) is 5.69 Å². The first-order valence-electron chi connectivity index (χ1n) is 8.54. The Kier molecular flexibility index (Phi) is 7.95. The van der Waals surface area contributed by atoms with Crippen LogP contribution in [0.3, 0.4) is 0 Å². The Balaban J connectivity index is 0.00000243. The van der Waals surface area contributed by atoms with Gasteiger partial charge in [-0.1, -0.05) is 17.7 Å². The second-order valence-electron chi connectivity index (χ2n) is 6.05. The molecule has 1 aliphatic rings. The standard InChI is InChI=1S/C17H24ClN7.HI/c1-3-19-17(20-10-16-21-12-22-24(16)2)23-14-7-8-25(11-14)15-6-4-5-13(18)9-15;/h4-6,9,12,14H,3,7-8,10-11H2,1-2H3,(H2,19,20,23);1H. The van der Waals surface area contributed by atoms with Gasteiger partial charge in [-0.2, -0.15) is 5.10 Å². The Labute approximate surface area is 176 Å². The Morgan fingerprint density at radius 2 is 2.27 bits per heavy atom. The van der Waals surface area contributed by atoms with E-state index in [0.717, 1.165) is 48.5 Å². The van der Waals surface area contributed by atoms with E-state index in [-0.39, 0.29) is 24.0 Å². The van der Waals surface area contributed by atoms with E-state index < -0.39 is 0 Å². The van der Waals surface area contributed by atoms with Crippen molar-refractivity contribution < 1.29 is 0 Å². The van der Waals surface area contributed by atoms with Crippen molar-refractivity contribution in [3.8, 4) is 0 Å². The van der Waals surface area contributed by atoms with Crippen LogP contribution in [0.1, 0.15) is 19.2 Å². The van der Waals surface area contributed by atoms with Crippen molar-refractivity contribution in [2.24, 2.45) is 12.0 Å². The molecule has 0 bridgehead atoms. The largest absolute Gasteiger partial charge is 0.369 e. The molecule has 2 N–H and O–H groups in total. The molecular weight excluding hydrogens is 465 g/mol. The summed E-state index contributed by atoms with van der Waals surface area (Å²) >= 11 is 6.10. The molecule has 1 fully saturated rings. The lowest BCUT2D eigenvalue weighted by Crippen LogP contribution is -2.44. The number of halogens is 2. The Morgan fingerprint density at radius 3 is 2.96 bits per heavy atom. The van der Waals surface area contributed by atoms with Crippen LogP contribution in [-0.4, -0.2) is 46.4 Å². The van der Waals surface area contributed by atoms with E-state index in [4.69, 9.17) is 11.6 Å². The van der Waals surface area contributed by atoms with Crippen molar-refractivity contribution in [2.45, 2.75) is 25.9 Å². The van der Waals surface area contributed by atoms with Crippen LogP contribution in [0.25, 0.3) is 0 Å². The Bertz CT molecular complexity index is 733. The molecule has 0 amide bonds. The summed E-state index contributed by atoms with van der Waals surface area (Å²) in [5.74, 6) is 1.65. The quantitative estimate of drug-likeness (QED) is 0.383. The van der Waals surface area contributed by atoms with E-state index in [1.165, 1.54) is 0 Å². The second-order valence-corrected chi connectivity index (χ2v) is 6.49. The van der Waals surface area contributed by atoms with Crippen LogP contribution in [0, 0.1) is 0 Å². The van der Waals surface area contributed by atoms with Crippen molar-refractivity contribution in [3.63, 3.8) is 0 Å². The van der Waals surface area contributed by atoms with Gasteiger partial charge in [0.1, 0.15) is 18.7 Å². The lowest BCUT2D eigenvalue weighted by molar-refractivity contribution is 0.644. The molecule has 7 nitrogen and oxygen atoms in total. The van der Waals surface area contributed by atoms with Crippen molar-refractivity contribution in [1.82, 2.24) is 25.4 Å². The fraction of sp³-hybridized carbons (Fsp3) is 0.471. The van der Waals surface area contributed by atoms with Crippen molar-refractivity contribution >= 4 is 47.2 Å². The molecule has 142 valence electrons. The maximum Gasteiger partial charge on any atom is 0.191 e. The number of benzene rings is 1. The molecule has 0 radical (unpaired) electrons. The first kappa shape index (κ1) is 20.8. The summed E-state index contributed by atoms with van der Waals surface area (Å²) < 4.78 is 1.74. The number of aryl methyl sites for hydroxylation is 1. The van der Waals surface area contributed by atoms with Gasteiger partial charge in [0, 0.05) is 43.4 Å². The summed E-state index contributed by atoms with van der Waals surface area (Å²) in [7, 11) is 1.87. The molecule has 1 atom stereocenters. The number of hydrogen-bond acceptors (Lipinski definition) is 4. The zero-order valence-electron chi connectivity index (χ0n) is 15.0. The summed E-state index contributed by atoms with van der Waals surface area (Å²) in [5, 5.41) is 11.7. The summed E-state index contributed by atoms with van der Waals surface area (Å²) in [4.78, 5) is 11.2. The van der Waals surface area contributed by atoms with Crippen molar-refractivity contribution in [3.05, 3.63) is 41.4 Å². The van der Waals surface area contributed by atoms with Gasteiger partial charge in [-0.15, -0.1) is 24.0 Å². The number of anilines is 1. The minimum Gasteiger partial charge on any atom is -0.369 e. The van der Waals surface area contributed by atoms with Gasteiger partial charge >= 0.3 is 0 Å². The maximum atomic E-state index is 6.10. The molecule has 0 spiro atoms. The fourth-order valence-corrected chi connectivity index (χ4v) is 3.10. The molecule has 0 aliphatic carbocycles. The van der Waals surface area contributed by atoms with E-state index in [2.05, 4.69) is 43.6 Å². The first-order valence-corrected chi connectivity index (χ1v) is 8.91. The molecule has 2 aromatic rings. The van der Waals surface area contributed by atoms with Crippen LogP contribution in [0.15, 0.2) is 35.6 Å². The fourth-order valence-electron chi connectivity index (χ4n) is 2.91. The van der Waals surface area contributed by atoms with Crippen LogP contribution in [0.2, 0.25) is 5.02 Å².